The molecule has 4 saturated carbocycles. The Labute approximate surface area is 192 Å². The lowest BCUT2D eigenvalue weighted by molar-refractivity contribution is -0.165. The Bertz CT molecular complexity index is 807. The molecule has 0 unspecified atom stereocenters. The highest BCUT2D eigenvalue weighted by atomic mass is 16.5. The first-order chi connectivity index (χ1) is 15.0. The van der Waals surface area contributed by atoms with Gasteiger partial charge in [-0.25, -0.2) is 0 Å². The third kappa shape index (κ3) is 3.75. The molecule has 0 spiro atoms. The third-order valence-electron chi connectivity index (χ3n) is 10.2. The zero-order valence-electron chi connectivity index (χ0n) is 20.1. The highest BCUT2D eigenvalue weighted by Gasteiger charge is 2.63. The second-order valence-corrected chi connectivity index (χ2v) is 11.7. The number of nitrogens with zero attached hydrogens (tertiary/aromatic N) is 1. The summed E-state index contributed by atoms with van der Waals surface area (Å²) in [5.74, 6) is 1.56. The molecule has 4 fully saturated rings. The topological polar surface area (TPSA) is 96.6 Å². The van der Waals surface area contributed by atoms with Crippen molar-refractivity contribution in [3.8, 4) is 6.07 Å². The number of aliphatic hydroxyl groups is 1. The van der Waals surface area contributed by atoms with E-state index in [2.05, 4.69) is 19.9 Å². The maximum Gasteiger partial charge on any atom is 0.302 e. The predicted molar refractivity (Wildman–Crippen MR) is 118 cm³/mol. The number of hydrogen-bond donors (Lipinski definition) is 1. The smallest absolute Gasteiger partial charge is 0.302 e. The fourth-order valence-corrected chi connectivity index (χ4v) is 8.77. The van der Waals surface area contributed by atoms with E-state index in [1.807, 2.05) is 0 Å². The first-order valence-electron chi connectivity index (χ1n) is 12.5. The molecular weight excluding hydrogens is 406 g/mol. The summed E-state index contributed by atoms with van der Waals surface area (Å²) >= 11 is 0. The Kier molecular flexibility index (Phi) is 6.11. The lowest BCUT2D eigenvalue weighted by Crippen LogP contribution is -2.56. The summed E-state index contributed by atoms with van der Waals surface area (Å²) in [5.41, 5.74) is -1.45. The number of fused-ring (bicyclic) bond motifs is 5. The minimum absolute atomic E-state index is 0.0683. The van der Waals surface area contributed by atoms with Crippen LogP contribution in [0.3, 0.4) is 0 Å². The number of carbonyl (C=O) groups excluding carboxylic acids is 2. The summed E-state index contributed by atoms with van der Waals surface area (Å²) in [6, 6.07) is 2.12. The van der Waals surface area contributed by atoms with Crippen LogP contribution >= 0.6 is 0 Å². The van der Waals surface area contributed by atoms with Gasteiger partial charge in [0.05, 0.1) is 0 Å². The molecule has 0 bridgehead atoms. The summed E-state index contributed by atoms with van der Waals surface area (Å²) in [5, 5.41) is 21.1. The Hall–Kier alpha value is -1.61. The summed E-state index contributed by atoms with van der Waals surface area (Å²) in [4.78, 5) is 22.8. The van der Waals surface area contributed by atoms with Crippen LogP contribution in [0, 0.1) is 51.8 Å². The van der Waals surface area contributed by atoms with Gasteiger partial charge in [0.25, 0.3) is 0 Å². The molecule has 4 aliphatic carbocycles. The lowest BCUT2D eigenvalue weighted by Gasteiger charge is -2.61. The van der Waals surface area contributed by atoms with Gasteiger partial charge >= 0.3 is 11.9 Å². The van der Waals surface area contributed by atoms with Crippen molar-refractivity contribution in [2.45, 2.75) is 97.2 Å². The van der Waals surface area contributed by atoms with Crippen LogP contribution in [0.1, 0.15) is 85.5 Å². The van der Waals surface area contributed by atoms with Crippen molar-refractivity contribution in [2.75, 3.05) is 6.61 Å². The molecule has 4 aliphatic rings. The molecule has 0 aromatic heterocycles. The maximum atomic E-state index is 11.5. The van der Waals surface area contributed by atoms with Crippen LogP contribution in [-0.4, -0.2) is 35.4 Å². The van der Waals surface area contributed by atoms with Gasteiger partial charge in [-0.2, -0.15) is 5.26 Å². The van der Waals surface area contributed by atoms with Gasteiger partial charge in [-0.1, -0.05) is 13.8 Å². The fourth-order valence-electron chi connectivity index (χ4n) is 8.77. The van der Waals surface area contributed by atoms with Crippen molar-refractivity contribution >= 4 is 11.9 Å². The van der Waals surface area contributed by atoms with Gasteiger partial charge < -0.3 is 14.6 Å². The molecule has 0 amide bonds. The van der Waals surface area contributed by atoms with E-state index >= 15 is 0 Å². The van der Waals surface area contributed by atoms with E-state index in [4.69, 9.17) is 9.47 Å². The zero-order chi connectivity index (χ0) is 23.3. The van der Waals surface area contributed by atoms with Gasteiger partial charge in [0.15, 0.2) is 5.60 Å². The standard InChI is InChI=1S/C26H39NO5/c1-16(28)31-15-26(30,14-27)23-8-7-21-20-6-5-18-13-19(32-17(2)29)9-11-24(18,3)22(20)10-12-25(21,23)4/h18-23,30H,5-13,15H2,1-4H3/t18-,19-,20-,21-,22-,23-,24-,25-,26+/m0/s1. The molecule has 6 nitrogen and oxygen atoms in total. The molecular formula is C26H39NO5. The molecule has 0 saturated heterocycles. The summed E-state index contributed by atoms with van der Waals surface area (Å²) in [6.45, 7) is 7.33. The SMILES string of the molecule is CC(=O)OC[C@](O)(C#N)[C@H]1CC[C@H]2[C@@H]3CC[C@H]4C[C@@H](OC(C)=O)CC[C@]4(C)[C@H]3CC[C@@]21C. The molecule has 178 valence electrons. The molecule has 0 aromatic rings. The Morgan fingerprint density at radius 2 is 1.69 bits per heavy atom. The summed E-state index contributed by atoms with van der Waals surface area (Å²) in [7, 11) is 0. The second-order valence-electron chi connectivity index (χ2n) is 11.7. The average Bonchev–Trinajstić information content (AvgIpc) is 3.10. The Balaban J connectivity index is 1.52. The van der Waals surface area contributed by atoms with Gasteiger partial charge in [0.2, 0.25) is 0 Å². The summed E-state index contributed by atoms with van der Waals surface area (Å²) < 4.78 is 10.7. The van der Waals surface area contributed by atoms with Gasteiger partial charge in [0, 0.05) is 19.8 Å². The molecule has 0 aliphatic heterocycles. The normalized spacial score (nSPS) is 44.8. The van der Waals surface area contributed by atoms with E-state index < -0.39 is 11.6 Å². The first kappa shape index (κ1) is 23.5. The number of ether oxygens (including phenoxy) is 2. The van der Waals surface area contributed by atoms with Crippen LogP contribution in [-0.2, 0) is 19.1 Å². The fraction of sp³-hybridized carbons (Fsp3) is 0.885. The van der Waals surface area contributed by atoms with Crippen LogP contribution in [0.25, 0.3) is 0 Å². The van der Waals surface area contributed by atoms with Crippen LogP contribution < -0.4 is 0 Å². The number of carbonyl (C=O) groups is 2. The monoisotopic (exact) mass is 445 g/mol. The van der Waals surface area contributed by atoms with Gasteiger partial charge in [-0.15, -0.1) is 0 Å². The number of esters is 2. The molecule has 9 atom stereocenters. The molecule has 4 rings (SSSR count). The van der Waals surface area contributed by atoms with Gasteiger partial charge in [-0.3, -0.25) is 9.59 Å². The summed E-state index contributed by atoms with van der Waals surface area (Å²) in [6.07, 6.45) is 9.43. The molecule has 0 aromatic carbocycles. The van der Waals surface area contributed by atoms with Crippen molar-refractivity contribution in [1.82, 2.24) is 0 Å². The molecule has 0 radical (unpaired) electrons. The van der Waals surface area contributed by atoms with Gasteiger partial charge in [-0.05, 0) is 92.3 Å². The first-order valence-corrected chi connectivity index (χ1v) is 12.5. The third-order valence-corrected chi connectivity index (χ3v) is 10.2. The van der Waals surface area contributed by atoms with E-state index in [1.165, 1.54) is 26.7 Å². The van der Waals surface area contributed by atoms with Crippen LogP contribution in [0.5, 0.6) is 0 Å². The van der Waals surface area contributed by atoms with E-state index in [1.54, 1.807) is 0 Å². The number of hydrogen-bond acceptors (Lipinski definition) is 6. The molecule has 0 heterocycles. The molecule has 6 heteroatoms. The van der Waals surface area contributed by atoms with Crippen molar-refractivity contribution in [2.24, 2.45) is 40.4 Å². The van der Waals surface area contributed by atoms with Gasteiger partial charge in [0.1, 0.15) is 18.8 Å². The minimum atomic E-state index is -1.62. The van der Waals surface area contributed by atoms with Crippen molar-refractivity contribution in [1.29, 1.82) is 5.26 Å². The van der Waals surface area contributed by atoms with Crippen LogP contribution in [0.15, 0.2) is 0 Å². The van der Waals surface area contributed by atoms with Crippen molar-refractivity contribution in [3.63, 3.8) is 0 Å². The molecule has 32 heavy (non-hydrogen) atoms. The lowest BCUT2D eigenvalue weighted by atomic mass is 9.44. The van der Waals surface area contributed by atoms with Crippen molar-refractivity contribution < 1.29 is 24.2 Å². The Morgan fingerprint density at radius 1 is 1.00 bits per heavy atom. The quantitative estimate of drug-likeness (QED) is 0.509. The highest BCUT2D eigenvalue weighted by Crippen LogP contribution is 2.68. The van der Waals surface area contributed by atoms with Crippen molar-refractivity contribution in [3.05, 3.63) is 0 Å². The maximum absolute atomic E-state index is 11.5. The van der Waals surface area contributed by atoms with Crippen LogP contribution in [0.4, 0.5) is 0 Å². The van der Waals surface area contributed by atoms with E-state index in [0.717, 1.165) is 44.9 Å². The zero-order valence-corrected chi connectivity index (χ0v) is 20.1. The Morgan fingerprint density at radius 3 is 2.34 bits per heavy atom. The van der Waals surface area contributed by atoms with E-state index in [0.29, 0.717) is 23.7 Å². The average molecular weight is 446 g/mol. The van der Waals surface area contributed by atoms with Crippen LogP contribution in [0.2, 0.25) is 0 Å². The molecule has 1 N–H and O–H groups in total. The number of nitriles is 1. The van der Waals surface area contributed by atoms with E-state index in [9.17, 15) is 20.0 Å². The number of rotatable bonds is 4. The largest absolute Gasteiger partial charge is 0.463 e. The van der Waals surface area contributed by atoms with E-state index in [-0.39, 0.29) is 35.4 Å². The second kappa shape index (κ2) is 8.31. The minimum Gasteiger partial charge on any atom is -0.463 e. The highest BCUT2D eigenvalue weighted by molar-refractivity contribution is 5.66. The predicted octanol–water partition coefficient (Wildman–Crippen LogP) is 4.39.